The van der Waals surface area contributed by atoms with Gasteiger partial charge in [-0.05, 0) is 18.6 Å². The van der Waals surface area contributed by atoms with E-state index in [-0.39, 0.29) is 5.82 Å². The van der Waals surface area contributed by atoms with Crippen LogP contribution >= 0.6 is 0 Å². The summed E-state index contributed by atoms with van der Waals surface area (Å²) in [6.45, 7) is 1.68. The molecule has 1 aromatic heterocycles. The number of benzene rings is 1. The lowest BCUT2D eigenvalue weighted by Crippen LogP contribution is -1.89. The third-order valence-electron chi connectivity index (χ3n) is 2.43. The minimum atomic E-state index is -1.01. The van der Waals surface area contributed by atoms with Gasteiger partial charge >= 0.3 is 5.97 Å². The summed E-state index contributed by atoms with van der Waals surface area (Å²) in [5.74, 6) is -1.35. The summed E-state index contributed by atoms with van der Waals surface area (Å²) in [7, 11) is 0. The van der Waals surface area contributed by atoms with Gasteiger partial charge in [-0.3, -0.25) is 0 Å². The monoisotopic (exact) mass is 219 g/mol. The Balaban J connectivity index is 2.63. The molecule has 0 unspecified atom stereocenters. The van der Waals surface area contributed by atoms with Crippen LogP contribution in [0, 0.1) is 5.82 Å². The van der Waals surface area contributed by atoms with Crippen molar-refractivity contribution in [2.75, 3.05) is 0 Å². The van der Waals surface area contributed by atoms with Crippen LogP contribution in [0.4, 0.5) is 4.39 Å². The molecule has 0 saturated heterocycles. The summed E-state index contributed by atoms with van der Waals surface area (Å²) >= 11 is 0. The molecule has 1 aromatic carbocycles. The predicted octanol–water partition coefficient (Wildman–Crippen LogP) is 2.79. The SMILES string of the molecule is C/C(=C\C(=O)O)c1c[nH]c2c(F)cccc12. The number of carboxylic acid groups (broad SMARTS) is 1. The van der Waals surface area contributed by atoms with Gasteiger partial charge in [0, 0.05) is 23.2 Å². The first-order chi connectivity index (χ1) is 7.59. The first kappa shape index (κ1) is 10.4. The second kappa shape index (κ2) is 3.81. The van der Waals surface area contributed by atoms with Crippen LogP contribution in [0.15, 0.2) is 30.5 Å². The van der Waals surface area contributed by atoms with Crippen molar-refractivity contribution in [1.29, 1.82) is 0 Å². The van der Waals surface area contributed by atoms with E-state index in [0.717, 1.165) is 6.08 Å². The van der Waals surface area contributed by atoms with E-state index in [4.69, 9.17) is 5.11 Å². The number of aromatic nitrogens is 1. The van der Waals surface area contributed by atoms with Gasteiger partial charge in [-0.2, -0.15) is 0 Å². The summed E-state index contributed by atoms with van der Waals surface area (Å²) in [6, 6.07) is 4.71. The van der Waals surface area contributed by atoms with Crippen LogP contribution in [0.2, 0.25) is 0 Å². The van der Waals surface area contributed by atoms with Crippen molar-refractivity contribution >= 4 is 22.4 Å². The van der Waals surface area contributed by atoms with E-state index in [2.05, 4.69) is 4.98 Å². The summed E-state index contributed by atoms with van der Waals surface area (Å²) in [6.07, 6.45) is 2.72. The van der Waals surface area contributed by atoms with Gasteiger partial charge in [-0.1, -0.05) is 12.1 Å². The van der Waals surface area contributed by atoms with Gasteiger partial charge in [0.15, 0.2) is 0 Å². The van der Waals surface area contributed by atoms with Crippen LogP contribution in [0.5, 0.6) is 0 Å². The highest BCUT2D eigenvalue weighted by atomic mass is 19.1. The number of H-pyrrole nitrogens is 1. The number of para-hydroxylation sites is 1. The first-order valence-corrected chi connectivity index (χ1v) is 4.77. The summed E-state index contributed by atoms with van der Waals surface area (Å²) in [5, 5.41) is 9.34. The molecule has 0 bridgehead atoms. The molecule has 0 atom stereocenters. The Morgan fingerprint density at radius 1 is 1.50 bits per heavy atom. The normalized spacial score (nSPS) is 12.0. The van der Waals surface area contributed by atoms with Gasteiger partial charge in [-0.25, -0.2) is 9.18 Å². The molecule has 0 spiro atoms. The van der Waals surface area contributed by atoms with Crippen LogP contribution in [-0.2, 0) is 4.79 Å². The van der Waals surface area contributed by atoms with Crippen molar-refractivity contribution in [3.05, 3.63) is 41.9 Å². The molecular weight excluding hydrogens is 209 g/mol. The third kappa shape index (κ3) is 1.69. The van der Waals surface area contributed by atoms with E-state index >= 15 is 0 Å². The number of hydrogen-bond acceptors (Lipinski definition) is 1. The lowest BCUT2D eigenvalue weighted by Gasteiger charge is -1.98. The van der Waals surface area contributed by atoms with Crippen LogP contribution in [0.3, 0.4) is 0 Å². The van der Waals surface area contributed by atoms with E-state index in [0.29, 0.717) is 22.0 Å². The number of carboxylic acids is 1. The van der Waals surface area contributed by atoms with Crippen LogP contribution < -0.4 is 0 Å². The van der Waals surface area contributed by atoms with Gasteiger partial charge in [0.1, 0.15) is 5.82 Å². The zero-order valence-electron chi connectivity index (χ0n) is 8.62. The number of hydrogen-bond donors (Lipinski definition) is 2. The van der Waals surface area contributed by atoms with Gasteiger partial charge in [-0.15, -0.1) is 0 Å². The van der Waals surface area contributed by atoms with Crippen molar-refractivity contribution in [3.8, 4) is 0 Å². The Kier molecular flexibility index (Phi) is 2.48. The maximum atomic E-state index is 13.4. The molecule has 3 nitrogen and oxygen atoms in total. The fourth-order valence-electron chi connectivity index (χ4n) is 1.71. The highest BCUT2D eigenvalue weighted by Crippen LogP contribution is 2.26. The van der Waals surface area contributed by atoms with Crippen molar-refractivity contribution < 1.29 is 14.3 Å². The topological polar surface area (TPSA) is 53.1 Å². The van der Waals surface area contributed by atoms with Crippen LogP contribution in [0.25, 0.3) is 16.5 Å². The Morgan fingerprint density at radius 2 is 2.25 bits per heavy atom. The fraction of sp³-hybridized carbons (Fsp3) is 0.0833. The number of rotatable bonds is 2. The van der Waals surface area contributed by atoms with Gasteiger partial charge in [0.2, 0.25) is 0 Å². The van der Waals surface area contributed by atoms with Crippen LogP contribution in [0.1, 0.15) is 12.5 Å². The van der Waals surface area contributed by atoms with Crippen molar-refractivity contribution in [2.45, 2.75) is 6.92 Å². The number of fused-ring (bicyclic) bond motifs is 1. The maximum Gasteiger partial charge on any atom is 0.328 e. The van der Waals surface area contributed by atoms with Crippen molar-refractivity contribution in [3.63, 3.8) is 0 Å². The third-order valence-corrected chi connectivity index (χ3v) is 2.43. The highest BCUT2D eigenvalue weighted by molar-refractivity contribution is 5.97. The Bertz CT molecular complexity index is 584. The fourth-order valence-corrected chi connectivity index (χ4v) is 1.71. The molecule has 82 valence electrons. The molecule has 0 amide bonds. The summed E-state index contributed by atoms with van der Waals surface area (Å²) in [4.78, 5) is 13.3. The number of aliphatic carboxylic acids is 1. The van der Waals surface area contributed by atoms with Crippen molar-refractivity contribution in [2.24, 2.45) is 0 Å². The lowest BCUT2D eigenvalue weighted by molar-refractivity contribution is -0.131. The Hall–Kier alpha value is -2.10. The largest absolute Gasteiger partial charge is 0.478 e. The molecule has 2 rings (SSSR count). The average Bonchev–Trinajstić information content (AvgIpc) is 2.61. The zero-order chi connectivity index (χ0) is 11.7. The van der Waals surface area contributed by atoms with Gasteiger partial charge in [0.05, 0.1) is 5.52 Å². The molecule has 0 radical (unpaired) electrons. The lowest BCUT2D eigenvalue weighted by atomic mass is 10.1. The van der Waals surface area contributed by atoms with Gasteiger partial charge in [0.25, 0.3) is 0 Å². The smallest absolute Gasteiger partial charge is 0.328 e. The number of carbonyl (C=O) groups is 1. The van der Waals surface area contributed by atoms with E-state index in [9.17, 15) is 9.18 Å². The summed E-state index contributed by atoms with van der Waals surface area (Å²) in [5.41, 5.74) is 1.69. The number of aromatic amines is 1. The Morgan fingerprint density at radius 3 is 2.94 bits per heavy atom. The quantitative estimate of drug-likeness (QED) is 0.763. The molecule has 0 fully saturated rings. The molecule has 1 heterocycles. The van der Waals surface area contributed by atoms with Crippen molar-refractivity contribution in [1.82, 2.24) is 4.98 Å². The minimum Gasteiger partial charge on any atom is -0.478 e. The molecule has 0 aliphatic rings. The average molecular weight is 219 g/mol. The van der Waals surface area contributed by atoms with E-state index in [1.165, 1.54) is 6.07 Å². The molecule has 0 aliphatic heterocycles. The molecule has 4 heteroatoms. The predicted molar refractivity (Wildman–Crippen MR) is 59.5 cm³/mol. The summed E-state index contributed by atoms with van der Waals surface area (Å²) < 4.78 is 13.4. The number of allylic oxidation sites excluding steroid dienone is 1. The van der Waals surface area contributed by atoms with E-state index in [1.807, 2.05) is 0 Å². The second-order valence-corrected chi connectivity index (χ2v) is 3.53. The molecule has 16 heavy (non-hydrogen) atoms. The first-order valence-electron chi connectivity index (χ1n) is 4.77. The highest BCUT2D eigenvalue weighted by Gasteiger charge is 2.08. The number of nitrogens with one attached hydrogen (secondary N) is 1. The molecule has 2 aromatic rings. The van der Waals surface area contributed by atoms with Crippen LogP contribution in [-0.4, -0.2) is 16.1 Å². The molecular formula is C12H10FNO2. The number of halogens is 1. The molecule has 0 aliphatic carbocycles. The standard InChI is InChI=1S/C12H10FNO2/c1-7(5-11(15)16)9-6-14-12-8(9)3-2-4-10(12)13/h2-6,14H,1H3,(H,15,16)/b7-5+. The molecule has 0 saturated carbocycles. The minimum absolute atomic E-state index is 0.341. The van der Waals surface area contributed by atoms with E-state index < -0.39 is 5.97 Å². The maximum absolute atomic E-state index is 13.4. The van der Waals surface area contributed by atoms with Gasteiger partial charge < -0.3 is 10.1 Å². The Labute approximate surface area is 91.2 Å². The second-order valence-electron chi connectivity index (χ2n) is 3.53. The zero-order valence-corrected chi connectivity index (χ0v) is 8.62. The molecule has 2 N–H and O–H groups in total. The van der Waals surface area contributed by atoms with E-state index in [1.54, 1.807) is 25.3 Å².